The zero-order valence-corrected chi connectivity index (χ0v) is 11.4. The molecule has 1 atom stereocenters. The highest BCUT2D eigenvalue weighted by atomic mass is 19.1. The number of amides is 1. The van der Waals surface area contributed by atoms with Crippen molar-refractivity contribution in [1.29, 1.82) is 0 Å². The molecule has 0 aliphatic carbocycles. The Labute approximate surface area is 117 Å². The van der Waals surface area contributed by atoms with E-state index in [4.69, 9.17) is 0 Å². The number of hydrogen-bond acceptors (Lipinski definition) is 2. The number of hydrogen-bond donors (Lipinski definition) is 1. The van der Waals surface area contributed by atoms with Crippen LogP contribution in [0.5, 0.6) is 0 Å². The molecule has 1 amide bonds. The van der Waals surface area contributed by atoms with Crippen molar-refractivity contribution < 1.29 is 9.18 Å². The summed E-state index contributed by atoms with van der Waals surface area (Å²) >= 11 is 0. The van der Waals surface area contributed by atoms with Gasteiger partial charge in [0, 0.05) is 36.6 Å². The van der Waals surface area contributed by atoms with Gasteiger partial charge in [-0.2, -0.15) is 0 Å². The Morgan fingerprint density at radius 2 is 2.00 bits per heavy atom. The Morgan fingerprint density at radius 1 is 1.25 bits per heavy atom. The average molecular weight is 272 g/mol. The number of carbonyl (C=O) groups is 1. The van der Waals surface area contributed by atoms with Crippen LogP contribution in [0.2, 0.25) is 0 Å². The summed E-state index contributed by atoms with van der Waals surface area (Å²) in [6.45, 7) is 4.23. The number of carbonyl (C=O) groups excluding carboxylic acids is 1. The molecule has 1 heterocycles. The molecule has 2 aromatic rings. The van der Waals surface area contributed by atoms with Crippen molar-refractivity contribution in [3.05, 3.63) is 47.8 Å². The molecule has 1 fully saturated rings. The summed E-state index contributed by atoms with van der Waals surface area (Å²) in [5, 5.41) is 4.50. The van der Waals surface area contributed by atoms with Gasteiger partial charge in [-0.1, -0.05) is 24.3 Å². The molecule has 0 radical (unpaired) electrons. The van der Waals surface area contributed by atoms with Gasteiger partial charge < -0.3 is 10.2 Å². The van der Waals surface area contributed by atoms with Gasteiger partial charge in [-0.15, -0.1) is 0 Å². The average Bonchev–Trinajstić information content (AvgIpc) is 2.47. The fraction of sp³-hybridized carbons (Fsp3) is 0.312. The van der Waals surface area contributed by atoms with E-state index in [1.54, 1.807) is 24.3 Å². The standard InChI is InChI=1S/C16H17FN2O/c1-11-10-19(9-8-18-11)16(20)14-6-7-15(17)13-5-3-2-4-12(13)14/h2-7,11,18H,8-10H2,1H3/t11-/m0/s1. The molecule has 1 N–H and O–H groups in total. The maximum absolute atomic E-state index is 13.8. The van der Waals surface area contributed by atoms with Crippen LogP contribution in [0.3, 0.4) is 0 Å². The number of piperazine rings is 1. The predicted octanol–water partition coefficient (Wildman–Crippen LogP) is 2.41. The number of fused-ring (bicyclic) bond motifs is 1. The molecule has 2 aromatic carbocycles. The summed E-state index contributed by atoms with van der Waals surface area (Å²) in [6.07, 6.45) is 0. The lowest BCUT2D eigenvalue weighted by molar-refractivity contribution is 0.0711. The minimum atomic E-state index is -0.286. The molecule has 0 aromatic heterocycles. The van der Waals surface area contributed by atoms with Crippen molar-refractivity contribution in [1.82, 2.24) is 10.2 Å². The van der Waals surface area contributed by atoms with Crippen molar-refractivity contribution in [3.63, 3.8) is 0 Å². The third-order valence-electron chi connectivity index (χ3n) is 3.76. The van der Waals surface area contributed by atoms with Crippen LogP contribution in [-0.2, 0) is 0 Å². The van der Waals surface area contributed by atoms with Gasteiger partial charge in [-0.25, -0.2) is 4.39 Å². The molecule has 0 bridgehead atoms. The topological polar surface area (TPSA) is 32.3 Å². The summed E-state index contributed by atoms with van der Waals surface area (Å²) in [5.41, 5.74) is 0.580. The Morgan fingerprint density at radius 3 is 2.75 bits per heavy atom. The quantitative estimate of drug-likeness (QED) is 0.864. The first-order chi connectivity index (χ1) is 9.66. The fourth-order valence-electron chi connectivity index (χ4n) is 2.74. The van der Waals surface area contributed by atoms with Gasteiger partial charge in [-0.3, -0.25) is 4.79 Å². The van der Waals surface area contributed by atoms with Crippen LogP contribution in [0, 0.1) is 5.82 Å². The SMILES string of the molecule is C[C@H]1CN(C(=O)c2ccc(F)c3ccccc23)CCN1. The smallest absolute Gasteiger partial charge is 0.254 e. The number of nitrogens with one attached hydrogen (secondary N) is 1. The fourth-order valence-corrected chi connectivity index (χ4v) is 2.74. The van der Waals surface area contributed by atoms with E-state index < -0.39 is 0 Å². The molecule has 0 unspecified atom stereocenters. The first kappa shape index (κ1) is 13.1. The van der Waals surface area contributed by atoms with Crippen LogP contribution in [0.15, 0.2) is 36.4 Å². The molecule has 104 valence electrons. The molecule has 4 heteroatoms. The molecule has 20 heavy (non-hydrogen) atoms. The van der Waals surface area contributed by atoms with Crippen LogP contribution in [0.4, 0.5) is 4.39 Å². The van der Waals surface area contributed by atoms with Gasteiger partial charge >= 0.3 is 0 Å². The van der Waals surface area contributed by atoms with E-state index in [1.165, 1.54) is 6.07 Å². The van der Waals surface area contributed by atoms with Gasteiger partial charge in [0.25, 0.3) is 5.91 Å². The molecule has 3 nitrogen and oxygen atoms in total. The van der Waals surface area contributed by atoms with Crippen LogP contribution in [-0.4, -0.2) is 36.5 Å². The first-order valence-electron chi connectivity index (χ1n) is 6.87. The lowest BCUT2D eigenvalue weighted by atomic mass is 10.0. The lowest BCUT2D eigenvalue weighted by Gasteiger charge is -2.32. The van der Waals surface area contributed by atoms with E-state index in [0.717, 1.165) is 6.54 Å². The minimum Gasteiger partial charge on any atom is -0.336 e. The van der Waals surface area contributed by atoms with E-state index in [2.05, 4.69) is 12.2 Å². The van der Waals surface area contributed by atoms with Crippen LogP contribution < -0.4 is 5.32 Å². The summed E-state index contributed by atoms with van der Waals surface area (Å²) in [7, 11) is 0. The van der Waals surface area contributed by atoms with Crippen LogP contribution in [0.1, 0.15) is 17.3 Å². The van der Waals surface area contributed by atoms with E-state index in [9.17, 15) is 9.18 Å². The second kappa shape index (κ2) is 5.21. The second-order valence-corrected chi connectivity index (χ2v) is 5.25. The van der Waals surface area contributed by atoms with E-state index in [-0.39, 0.29) is 11.7 Å². The largest absolute Gasteiger partial charge is 0.336 e. The van der Waals surface area contributed by atoms with Gasteiger partial charge in [0.2, 0.25) is 0 Å². The Kier molecular flexibility index (Phi) is 3.40. The van der Waals surface area contributed by atoms with Crippen LogP contribution in [0.25, 0.3) is 10.8 Å². The van der Waals surface area contributed by atoms with Crippen molar-refractivity contribution in [2.45, 2.75) is 13.0 Å². The van der Waals surface area contributed by atoms with Crippen molar-refractivity contribution >= 4 is 16.7 Å². The molecule has 1 aliphatic rings. The third kappa shape index (κ3) is 2.27. The van der Waals surface area contributed by atoms with E-state index in [1.807, 2.05) is 11.0 Å². The summed E-state index contributed by atoms with van der Waals surface area (Å²) in [5.74, 6) is -0.305. The monoisotopic (exact) mass is 272 g/mol. The summed E-state index contributed by atoms with van der Waals surface area (Å²) in [6, 6.07) is 10.4. The van der Waals surface area contributed by atoms with Crippen molar-refractivity contribution in [2.24, 2.45) is 0 Å². The number of halogens is 1. The van der Waals surface area contributed by atoms with Gasteiger partial charge in [0.1, 0.15) is 5.82 Å². The van der Waals surface area contributed by atoms with Gasteiger partial charge in [0.05, 0.1) is 0 Å². The Hall–Kier alpha value is -1.94. The zero-order chi connectivity index (χ0) is 14.1. The van der Waals surface area contributed by atoms with E-state index >= 15 is 0 Å². The van der Waals surface area contributed by atoms with Gasteiger partial charge in [0.15, 0.2) is 0 Å². The Balaban J connectivity index is 2.01. The molecule has 1 saturated heterocycles. The highest BCUT2D eigenvalue weighted by Gasteiger charge is 2.23. The lowest BCUT2D eigenvalue weighted by Crippen LogP contribution is -2.51. The van der Waals surface area contributed by atoms with E-state index in [0.29, 0.717) is 35.5 Å². The molecular formula is C16H17FN2O. The zero-order valence-electron chi connectivity index (χ0n) is 11.4. The second-order valence-electron chi connectivity index (χ2n) is 5.25. The third-order valence-corrected chi connectivity index (χ3v) is 3.76. The normalized spacial score (nSPS) is 19.3. The Bertz CT molecular complexity index is 656. The maximum atomic E-state index is 13.8. The molecule has 3 rings (SSSR count). The number of benzene rings is 2. The molecule has 0 spiro atoms. The minimum absolute atomic E-state index is 0.0189. The first-order valence-corrected chi connectivity index (χ1v) is 6.87. The summed E-state index contributed by atoms with van der Waals surface area (Å²) < 4.78 is 13.8. The molecule has 0 saturated carbocycles. The highest BCUT2D eigenvalue weighted by Crippen LogP contribution is 2.23. The molecular weight excluding hydrogens is 255 g/mol. The summed E-state index contributed by atoms with van der Waals surface area (Å²) in [4.78, 5) is 14.5. The van der Waals surface area contributed by atoms with Crippen LogP contribution >= 0.6 is 0 Å². The molecule has 1 aliphatic heterocycles. The maximum Gasteiger partial charge on any atom is 0.254 e. The number of nitrogens with zero attached hydrogens (tertiary/aromatic N) is 1. The van der Waals surface area contributed by atoms with Gasteiger partial charge in [-0.05, 0) is 24.4 Å². The number of rotatable bonds is 1. The van der Waals surface area contributed by atoms with Crippen molar-refractivity contribution in [2.75, 3.05) is 19.6 Å². The highest BCUT2D eigenvalue weighted by molar-refractivity contribution is 6.07. The predicted molar refractivity (Wildman–Crippen MR) is 77.3 cm³/mol. The van der Waals surface area contributed by atoms with Crippen molar-refractivity contribution in [3.8, 4) is 0 Å².